The molecular weight excluding hydrogens is 210 g/mol. The lowest BCUT2D eigenvalue weighted by molar-refractivity contribution is 0.475. The molecule has 0 saturated carbocycles. The molecule has 0 aliphatic heterocycles. The highest BCUT2D eigenvalue weighted by Crippen LogP contribution is 2.24. The molecule has 2 aromatic rings. The standard InChI is InChI=1S/C15H17NO/c1-2-13(14-7-9-16-10-8-14)11-12-3-5-15(17)6-4-12/h3-10,13,17H,2,11H2,1H3. The predicted molar refractivity (Wildman–Crippen MR) is 69.1 cm³/mol. The Morgan fingerprint density at radius 1 is 1.06 bits per heavy atom. The van der Waals surface area contributed by atoms with Crippen molar-refractivity contribution in [2.75, 3.05) is 0 Å². The first-order chi connectivity index (χ1) is 8.29. The molecule has 0 fully saturated rings. The van der Waals surface area contributed by atoms with Gasteiger partial charge in [0.15, 0.2) is 0 Å². The summed E-state index contributed by atoms with van der Waals surface area (Å²) in [5.74, 6) is 0.841. The Morgan fingerprint density at radius 2 is 1.71 bits per heavy atom. The minimum atomic E-state index is 0.325. The van der Waals surface area contributed by atoms with E-state index < -0.39 is 0 Å². The Hall–Kier alpha value is -1.83. The van der Waals surface area contributed by atoms with E-state index in [0.717, 1.165) is 12.8 Å². The first-order valence-corrected chi connectivity index (χ1v) is 5.97. The number of aromatic nitrogens is 1. The fourth-order valence-electron chi connectivity index (χ4n) is 2.05. The van der Waals surface area contributed by atoms with Crippen LogP contribution >= 0.6 is 0 Å². The van der Waals surface area contributed by atoms with Gasteiger partial charge in [0, 0.05) is 12.4 Å². The second-order valence-electron chi connectivity index (χ2n) is 4.26. The maximum atomic E-state index is 9.26. The first-order valence-electron chi connectivity index (χ1n) is 5.97. The molecule has 0 spiro atoms. The lowest BCUT2D eigenvalue weighted by atomic mass is 9.90. The Morgan fingerprint density at radius 3 is 2.29 bits per heavy atom. The van der Waals surface area contributed by atoms with Crippen LogP contribution in [0.1, 0.15) is 30.4 Å². The average Bonchev–Trinajstić information content (AvgIpc) is 2.39. The van der Waals surface area contributed by atoms with Crippen LogP contribution in [0, 0.1) is 0 Å². The maximum absolute atomic E-state index is 9.26. The number of phenols is 1. The van der Waals surface area contributed by atoms with Gasteiger partial charge >= 0.3 is 0 Å². The third-order valence-corrected chi connectivity index (χ3v) is 3.09. The molecule has 2 nitrogen and oxygen atoms in total. The van der Waals surface area contributed by atoms with Crippen molar-refractivity contribution >= 4 is 0 Å². The molecule has 88 valence electrons. The van der Waals surface area contributed by atoms with Crippen LogP contribution in [0.3, 0.4) is 0 Å². The van der Waals surface area contributed by atoms with Crippen molar-refractivity contribution in [3.8, 4) is 5.75 Å². The number of pyridine rings is 1. The summed E-state index contributed by atoms with van der Waals surface area (Å²) in [6.45, 7) is 2.20. The topological polar surface area (TPSA) is 33.1 Å². The van der Waals surface area contributed by atoms with Crippen molar-refractivity contribution in [2.45, 2.75) is 25.7 Å². The average molecular weight is 227 g/mol. The van der Waals surface area contributed by atoms with E-state index in [9.17, 15) is 5.11 Å². The highest BCUT2D eigenvalue weighted by molar-refractivity contribution is 5.28. The van der Waals surface area contributed by atoms with Gasteiger partial charge in [0.05, 0.1) is 0 Å². The SMILES string of the molecule is CCC(Cc1ccc(O)cc1)c1ccncc1. The number of nitrogens with zero attached hydrogens (tertiary/aromatic N) is 1. The molecule has 1 N–H and O–H groups in total. The summed E-state index contributed by atoms with van der Waals surface area (Å²) in [5.41, 5.74) is 2.59. The van der Waals surface area contributed by atoms with Crippen LogP contribution < -0.4 is 0 Å². The number of rotatable bonds is 4. The fourth-order valence-corrected chi connectivity index (χ4v) is 2.05. The molecule has 1 atom stereocenters. The minimum absolute atomic E-state index is 0.325. The van der Waals surface area contributed by atoms with Gasteiger partial charge in [-0.1, -0.05) is 19.1 Å². The summed E-state index contributed by atoms with van der Waals surface area (Å²) in [6, 6.07) is 11.6. The van der Waals surface area contributed by atoms with Crippen LogP contribution in [0.4, 0.5) is 0 Å². The summed E-state index contributed by atoms with van der Waals surface area (Å²) in [7, 11) is 0. The van der Waals surface area contributed by atoms with Gasteiger partial charge in [-0.2, -0.15) is 0 Å². The van der Waals surface area contributed by atoms with Crippen molar-refractivity contribution in [3.63, 3.8) is 0 Å². The van der Waals surface area contributed by atoms with Gasteiger partial charge in [-0.15, -0.1) is 0 Å². The number of hydrogen-bond donors (Lipinski definition) is 1. The summed E-state index contributed by atoms with van der Waals surface area (Å²) < 4.78 is 0. The van der Waals surface area contributed by atoms with Gasteiger partial charge in [-0.05, 0) is 54.2 Å². The van der Waals surface area contributed by atoms with Crippen LogP contribution in [0.5, 0.6) is 5.75 Å². The summed E-state index contributed by atoms with van der Waals surface area (Å²) in [4.78, 5) is 4.05. The molecule has 0 aliphatic rings. The first kappa shape index (κ1) is 11.6. The number of phenolic OH excluding ortho intramolecular Hbond substituents is 1. The largest absolute Gasteiger partial charge is 0.508 e. The van der Waals surface area contributed by atoms with E-state index >= 15 is 0 Å². The van der Waals surface area contributed by atoms with Crippen molar-refractivity contribution in [1.82, 2.24) is 4.98 Å². The molecule has 1 heterocycles. The number of aromatic hydroxyl groups is 1. The van der Waals surface area contributed by atoms with E-state index in [2.05, 4.69) is 24.0 Å². The molecule has 1 aromatic carbocycles. The molecule has 2 heteroatoms. The molecule has 17 heavy (non-hydrogen) atoms. The van der Waals surface area contributed by atoms with Crippen molar-refractivity contribution in [3.05, 3.63) is 59.9 Å². The molecule has 0 radical (unpaired) electrons. The zero-order chi connectivity index (χ0) is 12.1. The van der Waals surface area contributed by atoms with E-state index in [1.54, 1.807) is 12.1 Å². The second kappa shape index (κ2) is 5.48. The van der Waals surface area contributed by atoms with Crippen molar-refractivity contribution in [1.29, 1.82) is 0 Å². The molecule has 1 aromatic heterocycles. The predicted octanol–water partition coefficient (Wildman–Crippen LogP) is 3.52. The van der Waals surface area contributed by atoms with Gasteiger partial charge in [0.1, 0.15) is 5.75 Å². The molecular formula is C15H17NO. The Balaban J connectivity index is 2.13. The highest BCUT2D eigenvalue weighted by atomic mass is 16.3. The second-order valence-corrected chi connectivity index (χ2v) is 4.26. The van der Waals surface area contributed by atoms with Crippen LogP contribution in [0.25, 0.3) is 0 Å². The van der Waals surface area contributed by atoms with E-state index in [1.165, 1.54) is 11.1 Å². The van der Waals surface area contributed by atoms with Crippen molar-refractivity contribution < 1.29 is 5.11 Å². The normalized spacial score (nSPS) is 12.3. The van der Waals surface area contributed by atoms with Gasteiger partial charge < -0.3 is 5.11 Å². The van der Waals surface area contributed by atoms with Crippen molar-refractivity contribution in [2.24, 2.45) is 0 Å². The molecule has 0 amide bonds. The molecule has 0 saturated heterocycles. The van der Waals surface area contributed by atoms with E-state index in [4.69, 9.17) is 0 Å². The fraction of sp³-hybridized carbons (Fsp3) is 0.267. The Bertz CT molecular complexity index is 450. The smallest absolute Gasteiger partial charge is 0.115 e. The number of hydrogen-bond acceptors (Lipinski definition) is 2. The monoisotopic (exact) mass is 227 g/mol. The zero-order valence-electron chi connectivity index (χ0n) is 10.0. The summed E-state index contributed by atoms with van der Waals surface area (Å²) in [5, 5.41) is 9.26. The van der Waals surface area contributed by atoms with Crippen LogP contribution in [0.15, 0.2) is 48.8 Å². The molecule has 2 rings (SSSR count). The van der Waals surface area contributed by atoms with Gasteiger partial charge in [-0.25, -0.2) is 0 Å². The van der Waals surface area contributed by atoms with Gasteiger partial charge in [0.2, 0.25) is 0 Å². The van der Waals surface area contributed by atoms with E-state index in [1.807, 2.05) is 24.5 Å². The van der Waals surface area contributed by atoms with Gasteiger partial charge in [-0.3, -0.25) is 4.98 Å². The van der Waals surface area contributed by atoms with E-state index in [0.29, 0.717) is 11.7 Å². The minimum Gasteiger partial charge on any atom is -0.508 e. The third kappa shape index (κ3) is 3.06. The molecule has 0 aliphatic carbocycles. The van der Waals surface area contributed by atoms with Crippen LogP contribution in [0.2, 0.25) is 0 Å². The maximum Gasteiger partial charge on any atom is 0.115 e. The molecule has 0 bridgehead atoms. The zero-order valence-corrected chi connectivity index (χ0v) is 10.0. The van der Waals surface area contributed by atoms with Crippen LogP contribution in [-0.4, -0.2) is 10.1 Å². The lowest BCUT2D eigenvalue weighted by Gasteiger charge is -2.15. The van der Waals surface area contributed by atoms with Crippen LogP contribution in [-0.2, 0) is 6.42 Å². The third-order valence-electron chi connectivity index (χ3n) is 3.09. The van der Waals surface area contributed by atoms with E-state index in [-0.39, 0.29) is 0 Å². The van der Waals surface area contributed by atoms with Gasteiger partial charge in [0.25, 0.3) is 0 Å². The lowest BCUT2D eigenvalue weighted by Crippen LogP contribution is -2.01. The highest BCUT2D eigenvalue weighted by Gasteiger charge is 2.09. The summed E-state index contributed by atoms with van der Waals surface area (Å²) >= 11 is 0. The summed E-state index contributed by atoms with van der Waals surface area (Å²) in [6.07, 6.45) is 5.79. The number of benzene rings is 1. The Labute approximate surface area is 102 Å². The Kier molecular flexibility index (Phi) is 3.76. The molecule has 1 unspecified atom stereocenters. The quantitative estimate of drug-likeness (QED) is 0.866.